The summed E-state index contributed by atoms with van der Waals surface area (Å²) in [6, 6.07) is 0. The first-order valence-electron chi connectivity index (χ1n) is 20.0. The number of likely N-dealkylation sites (N-methyl/N-ethyl adjacent to an activating group) is 1. The second kappa shape index (κ2) is 30.1. The lowest BCUT2D eigenvalue weighted by Crippen LogP contribution is -2.66. The molecule has 0 amide bonds. The van der Waals surface area contributed by atoms with Crippen molar-refractivity contribution in [3.63, 3.8) is 0 Å². The van der Waals surface area contributed by atoms with Crippen LogP contribution in [0.2, 0.25) is 0 Å². The number of quaternary nitrogens is 1. The molecule has 0 aromatic rings. The van der Waals surface area contributed by atoms with Crippen LogP contribution in [0, 0.1) is 0 Å². The second-order valence-electron chi connectivity index (χ2n) is 14.7. The molecule has 0 atom stereocenters. The number of allylic oxidation sites excluding steroid dienone is 4. The Labute approximate surface area is 283 Å². The van der Waals surface area contributed by atoms with Crippen molar-refractivity contribution in [3.05, 3.63) is 24.3 Å². The van der Waals surface area contributed by atoms with E-state index in [9.17, 15) is 9.59 Å². The molecule has 45 heavy (non-hydrogen) atoms. The largest absolute Gasteiger partial charge is 0.314 e. The highest BCUT2D eigenvalue weighted by molar-refractivity contribution is 6.10. The molecule has 0 unspecified atom stereocenters. The lowest BCUT2D eigenvalue weighted by molar-refractivity contribution is -0.902. The number of carbonyl (C=O) groups is 2. The van der Waals surface area contributed by atoms with Gasteiger partial charge in [0.25, 0.3) is 0 Å². The third kappa shape index (κ3) is 22.1. The molecule has 0 spiro atoms. The van der Waals surface area contributed by atoms with Crippen molar-refractivity contribution in [2.75, 3.05) is 21.1 Å². The molecule has 0 aromatic carbocycles. The molecular formula is C42H80NO2+. The number of rotatable bonds is 34. The van der Waals surface area contributed by atoms with E-state index in [1.807, 2.05) is 28.1 Å². The van der Waals surface area contributed by atoms with Crippen LogP contribution in [0.4, 0.5) is 0 Å². The van der Waals surface area contributed by atoms with Gasteiger partial charge in [0.1, 0.15) is 0 Å². The van der Waals surface area contributed by atoms with E-state index in [4.69, 9.17) is 0 Å². The van der Waals surface area contributed by atoms with Crippen LogP contribution in [0.3, 0.4) is 0 Å². The maximum Gasteiger partial charge on any atom is 0.216 e. The Morgan fingerprint density at radius 3 is 0.956 bits per heavy atom. The number of ketones is 2. The predicted octanol–water partition coefficient (Wildman–Crippen LogP) is 13.1. The maximum absolute atomic E-state index is 13.6. The molecule has 0 aromatic heterocycles. The van der Waals surface area contributed by atoms with E-state index in [1.165, 1.54) is 141 Å². The van der Waals surface area contributed by atoms with Gasteiger partial charge in [0, 0.05) is 19.3 Å². The summed E-state index contributed by atoms with van der Waals surface area (Å²) in [6.45, 7) is 6.59. The summed E-state index contributed by atoms with van der Waals surface area (Å²) in [7, 11) is 6.12. The highest BCUT2D eigenvalue weighted by Crippen LogP contribution is 2.30. The van der Waals surface area contributed by atoms with Crippen LogP contribution in [-0.4, -0.2) is 42.7 Å². The molecule has 0 aliphatic heterocycles. The fraction of sp³-hybridized carbons (Fsp3) is 0.857. The third-order valence-electron chi connectivity index (χ3n) is 9.91. The van der Waals surface area contributed by atoms with Crippen LogP contribution in [0.25, 0.3) is 0 Å². The van der Waals surface area contributed by atoms with Crippen molar-refractivity contribution in [2.45, 2.75) is 213 Å². The molecule has 0 heterocycles. The smallest absolute Gasteiger partial charge is 0.216 e. The molecule has 3 heteroatoms. The van der Waals surface area contributed by atoms with Gasteiger partial charge < -0.3 is 4.48 Å². The Kier molecular flexibility index (Phi) is 29.3. The molecule has 0 saturated heterocycles. The third-order valence-corrected chi connectivity index (χ3v) is 9.91. The van der Waals surface area contributed by atoms with E-state index < -0.39 is 5.54 Å². The van der Waals surface area contributed by atoms with Crippen LogP contribution < -0.4 is 0 Å². The van der Waals surface area contributed by atoms with E-state index in [0.717, 1.165) is 25.7 Å². The van der Waals surface area contributed by atoms with E-state index in [0.29, 0.717) is 23.7 Å². The lowest BCUT2D eigenvalue weighted by Gasteiger charge is -2.43. The molecule has 0 N–H and O–H groups in total. The summed E-state index contributed by atoms with van der Waals surface area (Å²) >= 11 is 0. The summed E-state index contributed by atoms with van der Waals surface area (Å²) in [5, 5.41) is 0. The average Bonchev–Trinajstić information content (AvgIpc) is 3.01. The zero-order valence-electron chi connectivity index (χ0n) is 31.6. The van der Waals surface area contributed by atoms with Gasteiger partial charge in [-0.1, -0.05) is 148 Å². The van der Waals surface area contributed by atoms with Gasteiger partial charge in [0.2, 0.25) is 17.1 Å². The van der Waals surface area contributed by atoms with Gasteiger partial charge in [-0.3, -0.25) is 9.59 Å². The van der Waals surface area contributed by atoms with Crippen molar-refractivity contribution in [1.29, 1.82) is 0 Å². The standard InChI is InChI=1S/C42H80NO2/c1-7-10-12-14-16-18-20-22-24-26-28-30-32-34-36-38-40(44)42(9-3,43(4,5)6)41(45)39-37-35-33-31-29-27-25-23-21-19-17-15-13-11-8-2/h22-25H,7-21,26-39H2,1-6H3/q+1/b24-22-,25-23-. The Balaban J connectivity index is 4.17. The number of hydrogen-bond acceptors (Lipinski definition) is 2. The van der Waals surface area contributed by atoms with Gasteiger partial charge in [-0.2, -0.15) is 0 Å². The Morgan fingerprint density at radius 2 is 0.689 bits per heavy atom. The van der Waals surface area contributed by atoms with Gasteiger partial charge in [-0.15, -0.1) is 0 Å². The summed E-state index contributed by atoms with van der Waals surface area (Å²) in [5.74, 6) is 0.348. The fourth-order valence-electron chi connectivity index (χ4n) is 6.90. The molecule has 0 fully saturated rings. The molecule has 0 aliphatic carbocycles. The van der Waals surface area contributed by atoms with Gasteiger partial charge in [-0.25, -0.2) is 0 Å². The number of hydrogen-bond donors (Lipinski definition) is 0. The monoisotopic (exact) mass is 631 g/mol. The van der Waals surface area contributed by atoms with E-state index in [-0.39, 0.29) is 11.6 Å². The first-order chi connectivity index (χ1) is 21.8. The summed E-state index contributed by atoms with van der Waals surface area (Å²) in [5.41, 5.74) is -0.887. The van der Waals surface area contributed by atoms with E-state index in [1.54, 1.807) is 0 Å². The molecule has 0 rings (SSSR count). The number of unbranched alkanes of at least 4 members (excludes halogenated alkanes) is 22. The highest BCUT2D eigenvalue weighted by atomic mass is 16.2. The molecule has 264 valence electrons. The minimum atomic E-state index is -0.887. The van der Waals surface area contributed by atoms with Gasteiger partial charge in [-0.05, 0) is 64.2 Å². The fourth-order valence-corrected chi connectivity index (χ4v) is 6.90. The molecule has 3 nitrogen and oxygen atoms in total. The van der Waals surface area contributed by atoms with Crippen molar-refractivity contribution >= 4 is 11.6 Å². The van der Waals surface area contributed by atoms with E-state index >= 15 is 0 Å². The van der Waals surface area contributed by atoms with Crippen LogP contribution in [0.1, 0.15) is 207 Å². The minimum absolute atomic E-state index is 0.174. The van der Waals surface area contributed by atoms with Crippen molar-refractivity contribution in [3.8, 4) is 0 Å². The predicted molar refractivity (Wildman–Crippen MR) is 200 cm³/mol. The van der Waals surface area contributed by atoms with Gasteiger partial charge in [0.05, 0.1) is 21.1 Å². The Hall–Kier alpha value is -1.22. The quantitative estimate of drug-likeness (QED) is 0.0307. The van der Waals surface area contributed by atoms with Crippen molar-refractivity contribution in [1.82, 2.24) is 0 Å². The highest BCUT2D eigenvalue weighted by Gasteiger charge is 2.53. The average molecular weight is 631 g/mol. The van der Waals surface area contributed by atoms with Gasteiger partial charge >= 0.3 is 0 Å². The Morgan fingerprint density at radius 1 is 0.422 bits per heavy atom. The van der Waals surface area contributed by atoms with Crippen LogP contribution in [0.15, 0.2) is 24.3 Å². The first kappa shape index (κ1) is 43.8. The summed E-state index contributed by atoms with van der Waals surface area (Å²) < 4.78 is 0.414. The molecular weight excluding hydrogens is 550 g/mol. The zero-order valence-corrected chi connectivity index (χ0v) is 31.6. The summed E-state index contributed by atoms with van der Waals surface area (Å²) in [6.07, 6.45) is 43.7. The van der Waals surface area contributed by atoms with Gasteiger partial charge in [0.15, 0.2) is 0 Å². The minimum Gasteiger partial charge on any atom is -0.314 e. The lowest BCUT2D eigenvalue weighted by atomic mass is 9.79. The van der Waals surface area contributed by atoms with E-state index in [2.05, 4.69) is 38.2 Å². The molecule has 0 bridgehead atoms. The Bertz CT molecular complexity index is 692. The van der Waals surface area contributed by atoms with Crippen molar-refractivity contribution in [2.24, 2.45) is 0 Å². The second-order valence-corrected chi connectivity index (χ2v) is 14.7. The van der Waals surface area contributed by atoms with Crippen LogP contribution in [0.5, 0.6) is 0 Å². The molecule has 0 aliphatic rings. The van der Waals surface area contributed by atoms with Crippen LogP contribution >= 0.6 is 0 Å². The zero-order chi connectivity index (χ0) is 33.5. The van der Waals surface area contributed by atoms with Crippen molar-refractivity contribution < 1.29 is 14.1 Å². The topological polar surface area (TPSA) is 34.1 Å². The first-order valence-corrected chi connectivity index (χ1v) is 20.0. The maximum atomic E-state index is 13.6. The SMILES string of the molecule is CCCCCCCC/C=C\CCCCCCCC(=O)C(CC)(C(=O)CCCCCCC/C=C\CCCCCCCC)[N+](C)(C)C. The normalized spacial score (nSPS) is 12.6. The number of Topliss-reactive ketones (excluding diaryl/α,β-unsaturated/α-hetero) is 2. The molecule has 0 radical (unpaired) electrons. The number of carbonyl (C=O) groups excluding carboxylic acids is 2. The van der Waals surface area contributed by atoms with Crippen LogP contribution in [-0.2, 0) is 9.59 Å². The molecule has 0 saturated carbocycles. The number of nitrogens with zero attached hydrogens (tertiary/aromatic N) is 1. The summed E-state index contributed by atoms with van der Waals surface area (Å²) in [4.78, 5) is 27.3.